The van der Waals surface area contributed by atoms with Gasteiger partial charge in [0.25, 0.3) is 0 Å². The molecule has 0 amide bonds. The quantitative estimate of drug-likeness (QED) is 0.115. The molecule has 5 rings (SSSR count). The SMILES string of the molecule is CCC(C)Sc1c(C(C(=O)O)C(C)(C)C(=O)O)n(Cc2ccc(-c3ccc(OC)nc3)cc2)c2ccc(OCc3ccccn3)cc12. The van der Waals surface area contributed by atoms with Crippen LogP contribution in [0.5, 0.6) is 11.6 Å². The van der Waals surface area contributed by atoms with Crippen LogP contribution >= 0.6 is 11.8 Å². The van der Waals surface area contributed by atoms with E-state index in [1.807, 2.05) is 77.4 Å². The molecule has 2 atom stereocenters. The summed E-state index contributed by atoms with van der Waals surface area (Å²) in [5.41, 5.74) is 3.28. The van der Waals surface area contributed by atoms with Gasteiger partial charge in [-0.2, -0.15) is 0 Å². The predicted molar refractivity (Wildman–Crippen MR) is 183 cm³/mol. The maximum absolute atomic E-state index is 13.1. The molecular formula is C37H39N3O6S. The fraction of sp³-hybridized carbons (Fsp3) is 0.297. The molecule has 0 aliphatic heterocycles. The third-order valence-corrected chi connectivity index (χ3v) is 9.80. The molecule has 0 saturated carbocycles. The summed E-state index contributed by atoms with van der Waals surface area (Å²) >= 11 is 1.57. The molecule has 0 radical (unpaired) electrons. The van der Waals surface area contributed by atoms with Gasteiger partial charge in [-0.05, 0) is 67.8 Å². The van der Waals surface area contributed by atoms with Crippen LogP contribution in [0.4, 0.5) is 0 Å². The topological polar surface area (TPSA) is 124 Å². The Bertz CT molecular complexity index is 1850. The van der Waals surface area contributed by atoms with E-state index in [4.69, 9.17) is 9.47 Å². The fourth-order valence-corrected chi connectivity index (χ4v) is 6.68. The zero-order valence-electron chi connectivity index (χ0n) is 27.1. The second-order valence-corrected chi connectivity index (χ2v) is 13.5. The molecule has 0 bridgehead atoms. The van der Waals surface area contributed by atoms with Crippen molar-refractivity contribution < 1.29 is 29.3 Å². The fourth-order valence-electron chi connectivity index (χ4n) is 5.47. The Morgan fingerprint density at radius 3 is 2.32 bits per heavy atom. The summed E-state index contributed by atoms with van der Waals surface area (Å²) in [5, 5.41) is 21.9. The molecule has 10 heteroatoms. The van der Waals surface area contributed by atoms with Crippen LogP contribution in [-0.2, 0) is 22.7 Å². The molecule has 5 aromatic rings. The van der Waals surface area contributed by atoms with Crippen LogP contribution in [0.2, 0.25) is 0 Å². The van der Waals surface area contributed by atoms with Crippen molar-refractivity contribution in [3.05, 3.63) is 102 Å². The summed E-state index contributed by atoms with van der Waals surface area (Å²) in [6, 6.07) is 23.1. The Labute approximate surface area is 278 Å². The van der Waals surface area contributed by atoms with E-state index in [0.29, 0.717) is 23.9 Å². The maximum Gasteiger partial charge on any atom is 0.313 e. The van der Waals surface area contributed by atoms with Crippen LogP contribution in [0.25, 0.3) is 22.0 Å². The number of carboxylic acids is 2. The van der Waals surface area contributed by atoms with Gasteiger partial charge in [0.15, 0.2) is 0 Å². The third-order valence-electron chi connectivity index (χ3n) is 8.40. The van der Waals surface area contributed by atoms with Crippen molar-refractivity contribution in [1.82, 2.24) is 14.5 Å². The molecular weight excluding hydrogens is 614 g/mol. The van der Waals surface area contributed by atoms with Crippen molar-refractivity contribution in [1.29, 1.82) is 0 Å². The molecule has 2 unspecified atom stereocenters. The summed E-state index contributed by atoms with van der Waals surface area (Å²) in [7, 11) is 1.57. The Morgan fingerprint density at radius 1 is 0.979 bits per heavy atom. The lowest BCUT2D eigenvalue weighted by Gasteiger charge is -2.29. The lowest BCUT2D eigenvalue weighted by atomic mass is 9.76. The number of pyridine rings is 2. The van der Waals surface area contributed by atoms with Crippen molar-refractivity contribution in [2.45, 2.75) is 63.3 Å². The average molecular weight is 654 g/mol. The second-order valence-electron chi connectivity index (χ2n) is 12.0. The zero-order chi connectivity index (χ0) is 33.7. The molecule has 3 heterocycles. The molecule has 0 spiro atoms. The molecule has 0 fully saturated rings. The van der Waals surface area contributed by atoms with E-state index < -0.39 is 23.3 Å². The van der Waals surface area contributed by atoms with E-state index in [2.05, 4.69) is 23.8 Å². The van der Waals surface area contributed by atoms with Crippen LogP contribution in [0.3, 0.4) is 0 Å². The number of rotatable bonds is 14. The third kappa shape index (κ3) is 7.28. The molecule has 2 N–H and O–H groups in total. The molecule has 0 aliphatic carbocycles. The lowest BCUT2D eigenvalue weighted by molar-refractivity contribution is -0.156. The van der Waals surface area contributed by atoms with Crippen molar-refractivity contribution >= 4 is 34.6 Å². The number of hydrogen-bond donors (Lipinski definition) is 2. The summed E-state index contributed by atoms with van der Waals surface area (Å²) in [4.78, 5) is 35.1. The monoisotopic (exact) mass is 653 g/mol. The van der Waals surface area contributed by atoms with Gasteiger partial charge in [0.05, 0.1) is 18.2 Å². The summed E-state index contributed by atoms with van der Waals surface area (Å²) < 4.78 is 13.3. The van der Waals surface area contributed by atoms with Crippen molar-refractivity contribution in [3.8, 4) is 22.8 Å². The number of thioether (sulfide) groups is 1. The van der Waals surface area contributed by atoms with Gasteiger partial charge in [0.2, 0.25) is 5.88 Å². The van der Waals surface area contributed by atoms with Gasteiger partial charge in [-0.3, -0.25) is 14.6 Å². The van der Waals surface area contributed by atoms with Gasteiger partial charge in [-0.25, -0.2) is 4.98 Å². The molecule has 0 saturated heterocycles. The molecule has 3 aromatic heterocycles. The summed E-state index contributed by atoms with van der Waals surface area (Å²) in [6.07, 6.45) is 4.31. The first-order valence-electron chi connectivity index (χ1n) is 15.4. The first kappa shape index (κ1) is 33.5. The first-order valence-corrected chi connectivity index (χ1v) is 16.3. The number of ether oxygens (including phenoxy) is 2. The van der Waals surface area contributed by atoms with Gasteiger partial charge in [-0.1, -0.05) is 44.2 Å². The first-order chi connectivity index (χ1) is 22.5. The van der Waals surface area contributed by atoms with Crippen molar-refractivity contribution in [2.75, 3.05) is 7.11 Å². The Kier molecular flexibility index (Phi) is 10.2. The normalized spacial score (nSPS) is 12.9. The molecule has 244 valence electrons. The largest absolute Gasteiger partial charge is 0.487 e. The Morgan fingerprint density at radius 2 is 1.72 bits per heavy atom. The van der Waals surface area contributed by atoms with Gasteiger partial charge in [0.1, 0.15) is 18.3 Å². The number of aliphatic carboxylic acids is 2. The number of fused-ring (bicyclic) bond motifs is 1. The molecule has 9 nitrogen and oxygen atoms in total. The van der Waals surface area contributed by atoms with Crippen LogP contribution in [0.1, 0.15) is 57.0 Å². The number of carboxylic acid groups (broad SMARTS) is 2. The number of methoxy groups -OCH3 is 1. The van der Waals surface area contributed by atoms with E-state index in [9.17, 15) is 19.8 Å². The molecule has 0 aliphatic rings. The standard InChI is InChI=1S/C37H39N3O6S/c1-6-23(2)47-34-29-19-28(46-22-27-9-7-8-18-38-27)15-16-30(29)40(33(34)32(35(41)42)37(3,4)36(43)44)21-24-10-12-25(13-11-24)26-14-17-31(45-5)39-20-26/h7-20,23,32H,6,21-22H2,1-5H3,(H,41,42)(H,43,44). The highest BCUT2D eigenvalue weighted by atomic mass is 32.2. The van der Waals surface area contributed by atoms with Crippen LogP contribution in [0.15, 0.2) is 90.1 Å². The van der Waals surface area contributed by atoms with E-state index in [-0.39, 0.29) is 11.9 Å². The Balaban J connectivity index is 1.65. The highest BCUT2D eigenvalue weighted by Crippen LogP contribution is 2.47. The van der Waals surface area contributed by atoms with E-state index in [1.165, 1.54) is 13.8 Å². The second kappa shape index (κ2) is 14.3. The zero-order valence-corrected chi connectivity index (χ0v) is 28.0. The van der Waals surface area contributed by atoms with Crippen molar-refractivity contribution in [2.24, 2.45) is 5.41 Å². The number of benzene rings is 2. The lowest BCUT2D eigenvalue weighted by Crippen LogP contribution is -2.37. The Hall–Kier alpha value is -4.83. The van der Waals surface area contributed by atoms with E-state index >= 15 is 0 Å². The minimum Gasteiger partial charge on any atom is -0.487 e. The summed E-state index contributed by atoms with van der Waals surface area (Å²) in [5.74, 6) is -2.56. The number of nitrogens with zero attached hydrogens (tertiary/aromatic N) is 3. The minimum atomic E-state index is -1.60. The van der Waals surface area contributed by atoms with E-state index in [1.54, 1.807) is 31.3 Å². The van der Waals surface area contributed by atoms with Crippen molar-refractivity contribution in [3.63, 3.8) is 0 Å². The smallest absolute Gasteiger partial charge is 0.313 e. The van der Waals surface area contributed by atoms with Gasteiger partial charge in [-0.15, -0.1) is 11.8 Å². The summed E-state index contributed by atoms with van der Waals surface area (Å²) in [6.45, 7) is 7.73. The minimum absolute atomic E-state index is 0.144. The van der Waals surface area contributed by atoms with E-state index in [0.717, 1.165) is 44.6 Å². The molecule has 47 heavy (non-hydrogen) atoms. The van der Waals surface area contributed by atoms with Crippen LogP contribution in [0, 0.1) is 5.41 Å². The number of aromatic nitrogens is 3. The van der Waals surface area contributed by atoms with Crippen LogP contribution < -0.4 is 9.47 Å². The highest BCUT2D eigenvalue weighted by molar-refractivity contribution is 8.00. The predicted octanol–water partition coefficient (Wildman–Crippen LogP) is 7.90. The maximum atomic E-state index is 13.1. The van der Waals surface area contributed by atoms with Crippen LogP contribution in [-0.4, -0.2) is 49.0 Å². The number of hydrogen-bond acceptors (Lipinski definition) is 7. The van der Waals surface area contributed by atoms with Gasteiger partial charge < -0.3 is 24.3 Å². The van der Waals surface area contributed by atoms with Gasteiger partial charge >= 0.3 is 11.9 Å². The average Bonchev–Trinajstić information content (AvgIpc) is 3.35. The van der Waals surface area contributed by atoms with Gasteiger partial charge in [0, 0.05) is 57.3 Å². The number of carbonyl (C=O) groups is 2. The molecule has 2 aromatic carbocycles. The highest BCUT2D eigenvalue weighted by Gasteiger charge is 2.46.